The molecule has 0 amide bonds. The van der Waals surface area contributed by atoms with Gasteiger partial charge in [-0.1, -0.05) is 0 Å². The summed E-state index contributed by atoms with van der Waals surface area (Å²) in [6, 6.07) is 2.03. The van der Waals surface area contributed by atoms with Gasteiger partial charge in [0.25, 0.3) is 0 Å². The summed E-state index contributed by atoms with van der Waals surface area (Å²) in [6.07, 6.45) is 2.27. The van der Waals surface area contributed by atoms with Crippen LogP contribution in [0.4, 0.5) is 0 Å². The van der Waals surface area contributed by atoms with Crippen molar-refractivity contribution >= 4 is 17.3 Å². The highest BCUT2D eigenvalue weighted by Crippen LogP contribution is 2.34. The third kappa shape index (κ3) is 2.51. The zero-order valence-corrected chi connectivity index (χ0v) is 10.7. The molecular weight excluding hydrogens is 236 g/mol. The topological polar surface area (TPSA) is 75.3 Å². The molecule has 5 heteroatoms. The van der Waals surface area contributed by atoms with Crippen molar-refractivity contribution in [3.63, 3.8) is 0 Å². The fourth-order valence-corrected chi connectivity index (χ4v) is 3.60. The molecule has 1 aromatic rings. The molecule has 0 aromatic carbocycles. The number of carboxylic acid groups (broad SMARTS) is 1. The second-order valence-corrected chi connectivity index (χ2v) is 5.78. The lowest BCUT2D eigenvalue weighted by Gasteiger charge is -2.31. The zero-order chi connectivity index (χ0) is 12.4. The van der Waals surface area contributed by atoms with Crippen LogP contribution in [0, 0.1) is 12.8 Å². The van der Waals surface area contributed by atoms with Gasteiger partial charge in [0.15, 0.2) is 0 Å². The molecule has 2 unspecified atom stereocenters. The van der Waals surface area contributed by atoms with Crippen LogP contribution >= 0.6 is 11.3 Å². The Morgan fingerprint density at radius 2 is 2.47 bits per heavy atom. The van der Waals surface area contributed by atoms with Crippen LogP contribution in [0.2, 0.25) is 0 Å². The first-order chi connectivity index (χ1) is 8.13. The van der Waals surface area contributed by atoms with Gasteiger partial charge >= 0.3 is 5.97 Å². The molecule has 0 aliphatic carbocycles. The Morgan fingerprint density at radius 3 is 3.06 bits per heavy atom. The van der Waals surface area contributed by atoms with Crippen LogP contribution in [0.25, 0.3) is 0 Å². The van der Waals surface area contributed by atoms with E-state index in [0.29, 0.717) is 18.0 Å². The summed E-state index contributed by atoms with van der Waals surface area (Å²) < 4.78 is 0. The maximum absolute atomic E-state index is 11.0. The van der Waals surface area contributed by atoms with Gasteiger partial charge in [-0.25, -0.2) is 4.79 Å². The number of hydrogen-bond donors (Lipinski definition) is 3. The van der Waals surface area contributed by atoms with Gasteiger partial charge in [-0.3, -0.25) is 0 Å². The summed E-state index contributed by atoms with van der Waals surface area (Å²) >= 11 is 1.57. The van der Waals surface area contributed by atoms with E-state index < -0.39 is 5.97 Å². The average molecular weight is 254 g/mol. The summed E-state index contributed by atoms with van der Waals surface area (Å²) in [5, 5.41) is 12.5. The minimum Gasteiger partial charge on any atom is -0.478 e. The maximum atomic E-state index is 11.0. The van der Waals surface area contributed by atoms with Crippen molar-refractivity contribution in [1.29, 1.82) is 0 Å². The maximum Gasteiger partial charge on any atom is 0.336 e. The van der Waals surface area contributed by atoms with Gasteiger partial charge in [0.05, 0.1) is 5.56 Å². The predicted octanol–water partition coefficient (Wildman–Crippen LogP) is 1.75. The highest BCUT2D eigenvalue weighted by atomic mass is 32.1. The lowest BCUT2D eigenvalue weighted by Crippen LogP contribution is -2.37. The number of rotatable bonds is 3. The number of carbonyl (C=O) groups is 1. The van der Waals surface area contributed by atoms with Gasteiger partial charge in [0.1, 0.15) is 0 Å². The largest absolute Gasteiger partial charge is 0.478 e. The third-order valence-corrected chi connectivity index (χ3v) is 4.50. The van der Waals surface area contributed by atoms with Gasteiger partial charge in [-0.2, -0.15) is 0 Å². The fourth-order valence-electron chi connectivity index (χ4n) is 2.41. The normalized spacial score (nSPS) is 24.8. The summed E-state index contributed by atoms with van der Waals surface area (Å²) in [5.74, 6) is -0.423. The van der Waals surface area contributed by atoms with Crippen LogP contribution in [-0.4, -0.2) is 24.2 Å². The SMILES string of the molecule is Cc1sc(C2NCCCC2CN)cc1C(=O)O. The minimum atomic E-state index is -0.842. The van der Waals surface area contributed by atoms with E-state index in [9.17, 15) is 4.79 Å². The number of nitrogens with two attached hydrogens (primary N) is 1. The third-order valence-electron chi connectivity index (χ3n) is 3.36. The molecule has 1 aliphatic heterocycles. The van der Waals surface area contributed by atoms with Crippen molar-refractivity contribution < 1.29 is 9.90 Å². The van der Waals surface area contributed by atoms with Crippen LogP contribution in [0.1, 0.15) is 39.0 Å². The van der Waals surface area contributed by atoms with E-state index >= 15 is 0 Å². The second-order valence-electron chi connectivity index (χ2n) is 4.49. The quantitative estimate of drug-likeness (QED) is 0.768. The molecule has 2 rings (SSSR count). The van der Waals surface area contributed by atoms with Crippen molar-refractivity contribution in [2.24, 2.45) is 11.7 Å². The first kappa shape index (κ1) is 12.5. The highest BCUT2D eigenvalue weighted by Gasteiger charge is 2.27. The van der Waals surface area contributed by atoms with Crippen LogP contribution in [0.5, 0.6) is 0 Å². The standard InChI is InChI=1S/C12H18N2O2S/c1-7-9(12(15)16)5-10(17-7)11-8(6-13)3-2-4-14-11/h5,8,11,14H,2-4,6,13H2,1H3,(H,15,16). The Kier molecular flexibility index (Phi) is 3.81. The van der Waals surface area contributed by atoms with E-state index in [1.807, 2.05) is 6.92 Å². The van der Waals surface area contributed by atoms with Crippen molar-refractivity contribution in [3.8, 4) is 0 Å². The monoisotopic (exact) mass is 254 g/mol. The molecule has 1 aromatic heterocycles. The molecule has 1 saturated heterocycles. The van der Waals surface area contributed by atoms with E-state index in [2.05, 4.69) is 5.32 Å². The van der Waals surface area contributed by atoms with E-state index in [1.165, 1.54) is 0 Å². The zero-order valence-electron chi connectivity index (χ0n) is 9.90. The number of hydrogen-bond acceptors (Lipinski definition) is 4. The first-order valence-electron chi connectivity index (χ1n) is 5.90. The smallest absolute Gasteiger partial charge is 0.336 e. The Balaban J connectivity index is 2.26. The molecule has 0 bridgehead atoms. The van der Waals surface area contributed by atoms with Crippen molar-refractivity contribution in [3.05, 3.63) is 21.4 Å². The molecule has 2 heterocycles. The molecule has 4 nitrogen and oxygen atoms in total. The molecule has 1 aliphatic rings. The van der Waals surface area contributed by atoms with Crippen LogP contribution in [0.15, 0.2) is 6.07 Å². The minimum absolute atomic E-state index is 0.227. The fraction of sp³-hybridized carbons (Fsp3) is 0.583. The average Bonchev–Trinajstić information content (AvgIpc) is 2.71. The molecule has 2 atom stereocenters. The first-order valence-corrected chi connectivity index (χ1v) is 6.72. The molecule has 0 spiro atoms. The van der Waals surface area contributed by atoms with E-state index in [-0.39, 0.29) is 6.04 Å². The molecule has 17 heavy (non-hydrogen) atoms. The van der Waals surface area contributed by atoms with Crippen molar-refractivity contribution in [1.82, 2.24) is 5.32 Å². The van der Waals surface area contributed by atoms with Crippen LogP contribution in [0.3, 0.4) is 0 Å². The van der Waals surface area contributed by atoms with Crippen molar-refractivity contribution in [2.75, 3.05) is 13.1 Å². The van der Waals surface area contributed by atoms with Gasteiger partial charge in [-0.05, 0) is 44.8 Å². The molecular formula is C12H18N2O2S. The molecule has 0 radical (unpaired) electrons. The Bertz CT molecular complexity index is 417. The number of nitrogens with one attached hydrogen (secondary N) is 1. The summed E-state index contributed by atoms with van der Waals surface area (Å²) in [6.45, 7) is 3.50. The van der Waals surface area contributed by atoms with E-state index in [0.717, 1.165) is 29.1 Å². The lowest BCUT2D eigenvalue weighted by atomic mass is 9.90. The molecule has 94 valence electrons. The number of aryl methyl sites for hydroxylation is 1. The van der Waals surface area contributed by atoms with Gasteiger partial charge in [0.2, 0.25) is 0 Å². The Morgan fingerprint density at radius 1 is 1.71 bits per heavy atom. The number of piperidine rings is 1. The van der Waals surface area contributed by atoms with Gasteiger partial charge in [-0.15, -0.1) is 11.3 Å². The van der Waals surface area contributed by atoms with E-state index in [4.69, 9.17) is 10.8 Å². The molecule has 0 saturated carbocycles. The second kappa shape index (κ2) is 5.16. The van der Waals surface area contributed by atoms with E-state index in [1.54, 1.807) is 17.4 Å². The Labute approximate surface area is 105 Å². The highest BCUT2D eigenvalue weighted by molar-refractivity contribution is 7.12. The summed E-state index contributed by atoms with van der Waals surface area (Å²) in [4.78, 5) is 13.0. The van der Waals surface area contributed by atoms with Gasteiger partial charge < -0.3 is 16.2 Å². The number of thiophene rings is 1. The van der Waals surface area contributed by atoms with Crippen molar-refractivity contribution in [2.45, 2.75) is 25.8 Å². The molecule has 1 fully saturated rings. The Hall–Kier alpha value is -0.910. The predicted molar refractivity (Wildman–Crippen MR) is 68.5 cm³/mol. The van der Waals surface area contributed by atoms with Crippen LogP contribution in [-0.2, 0) is 0 Å². The lowest BCUT2D eigenvalue weighted by molar-refractivity contribution is 0.0696. The van der Waals surface area contributed by atoms with Gasteiger partial charge in [0, 0.05) is 15.8 Å². The molecule has 4 N–H and O–H groups in total. The summed E-state index contributed by atoms with van der Waals surface area (Å²) in [5.41, 5.74) is 6.21. The number of carboxylic acids is 1. The van der Waals surface area contributed by atoms with Crippen LogP contribution < -0.4 is 11.1 Å². The summed E-state index contributed by atoms with van der Waals surface area (Å²) in [7, 11) is 0. The number of aromatic carboxylic acids is 1.